The highest BCUT2D eigenvalue weighted by molar-refractivity contribution is 5.38. The minimum absolute atomic E-state index is 0.381. The highest BCUT2D eigenvalue weighted by Gasteiger charge is 2.18. The lowest BCUT2D eigenvalue weighted by atomic mass is 9.89. The summed E-state index contributed by atoms with van der Waals surface area (Å²) in [4.78, 5) is 3.93. The Morgan fingerprint density at radius 2 is 2.24 bits per heavy atom. The van der Waals surface area contributed by atoms with Crippen LogP contribution in [0.15, 0.2) is 36.5 Å². The minimum atomic E-state index is -0.386. The zero-order valence-corrected chi connectivity index (χ0v) is 11.6. The van der Waals surface area contributed by atoms with Crippen LogP contribution in [-0.4, -0.2) is 10.1 Å². The van der Waals surface area contributed by atoms with E-state index in [2.05, 4.69) is 4.98 Å². The smallest absolute Gasteiger partial charge is 0.140 e. The standard InChI is InChI=1S/C17H16N2O2/c18-10-14-8-12(6-7-19-14)11-21-15-5-4-13-2-1-3-17(20)16(13)9-15/h4-9,17,20H,1-3,11H2/t17-/m1/s1. The van der Waals surface area contributed by atoms with Gasteiger partial charge in [-0.2, -0.15) is 5.26 Å². The molecule has 1 aromatic carbocycles. The van der Waals surface area contributed by atoms with Crippen molar-refractivity contribution in [2.75, 3.05) is 0 Å². The molecule has 1 heterocycles. The molecule has 1 aliphatic carbocycles. The number of aryl methyl sites for hydroxylation is 1. The van der Waals surface area contributed by atoms with E-state index in [1.807, 2.05) is 30.3 Å². The normalized spacial score (nSPS) is 16.9. The second-order valence-corrected chi connectivity index (χ2v) is 5.22. The van der Waals surface area contributed by atoms with Crippen molar-refractivity contribution in [2.24, 2.45) is 0 Å². The fraction of sp³-hybridized carbons (Fsp3) is 0.294. The Hall–Kier alpha value is -2.38. The molecule has 0 aliphatic heterocycles. The summed E-state index contributed by atoms with van der Waals surface area (Å²) in [6.07, 6.45) is 4.08. The van der Waals surface area contributed by atoms with E-state index in [4.69, 9.17) is 10.00 Å². The van der Waals surface area contributed by atoms with Crippen molar-refractivity contribution in [1.82, 2.24) is 4.98 Å². The lowest BCUT2D eigenvalue weighted by Gasteiger charge is -2.22. The van der Waals surface area contributed by atoms with Gasteiger partial charge in [0, 0.05) is 6.20 Å². The highest BCUT2D eigenvalue weighted by atomic mass is 16.5. The quantitative estimate of drug-likeness (QED) is 0.938. The van der Waals surface area contributed by atoms with E-state index in [0.29, 0.717) is 12.3 Å². The molecule has 106 valence electrons. The van der Waals surface area contributed by atoms with Crippen LogP contribution in [0.4, 0.5) is 0 Å². The van der Waals surface area contributed by atoms with Gasteiger partial charge >= 0.3 is 0 Å². The maximum Gasteiger partial charge on any atom is 0.140 e. The van der Waals surface area contributed by atoms with E-state index >= 15 is 0 Å². The molecule has 21 heavy (non-hydrogen) atoms. The maximum atomic E-state index is 10.0. The van der Waals surface area contributed by atoms with Crippen LogP contribution >= 0.6 is 0 Å². The van der Waals surface area contributed by atoms with Crippen molar-refractivity contribution in [3.05, 3.63) is 58.9 Å². The molecular weight excluding hydrogens is 264 g/mol. The number of rotatable bonds is 3. The van der Waals surface area contributed by atoms with Crippen LogP contribution in [0.2, 0.25) is 0 Å². The van der Waals surface area contributed by atoms with Crippen LogP contribution in [0, 0.1) is 11.3 Å². The van der Waals surface area contributed by atoms with Crippen molar-refractivity contribution in [3.63, 3.8) is 0 Å². The van der Waals surface area contributed by atoms with Gasteiger partial charge in [0.2, 0.25) is 0 Å². The van der Waals surface area contributed by atoms with E-state index in [1.165, 1.54) is 5.56 Å². The summed E-state index contributed by atoms with van der Waals surface area (Å²) in [6, 6.07) is 11.4. The zero-order valence-electron chi connectivity index (χ0n) is 11.6. The number of fused-ring (bicyclic) bond motifs is 1. The number of nitriles is 1. The van der Waals surface area contributed by atoms with Crippen LogP contribution in [-0.2, 0) is 13.0 Å². The molecule has 1 aromatic heterocycles. The van der Waals surface area contributed by atoms with Crippen LogP contribution in [0.25, 0.3) is 0 Å². The molecule has 0 spiro atoms. The Balaban J connectivity index is 1.73. The topological polar surface area (TPSA) is 66.1 Å². The van der Waals surface area contributed by atoms with Crippen molar-refractivity contribution in [3.8, 4) is 11.8 Å². The number of aliphatic hydroxyl groups is 1. The van der Waals surface area contributed by atoms with Gasteiger partial charge < -0.3 is 9.84 Å². The van der Waals surface area contributed by atoms with Gasteiger partial charge in [0.05, 0.1) is 6.10 Å². The van der Waals surface area contributed by atoms with E-state index in [9.17, 15) is 5.11 Å². The third-order valence-electron chi connectivity index (χ3n) is 3.74. The first-order valence-electron chi connectivity index (χ1n) is 7.05. The molecule has 0 saturated carbocycles. The lowest BCUT2D eigenvalue weighted by molar-refractivity contribution is 0.156. The van der Waals surface area contributed by atoms with Crippen LogP contribution in [0.5, 0.6) is 5.75 Å². The predicted octanol–water partition coefficient (Wildman–Crippen LogP) is 2.90. The average molecular weight is 280 g/mol. The van der Waals surface area contributed by atoms with Crippen LogP contribution < -0.4 is 4.74 Å². The molecule has 1 aliphatic rings. The molecule has 4 nitrogen and oxygen atoms in total. The molecule has 0 radical (unpaired) electrons. The second kappa shape index (κ2) is 5.94. The molecule has 0 bridgehead atoms. The molecular formula is C17H16N2O2. The summed E-state index contributed by atoms with van der Waals surface area (Å²) in [6.45, 7) is 0.381. The van der Waals surface area contributed by atoms with Crippen LogP contribution in [0.1, 0.15) is 41.3 Å². The molecule has 3 rings (SSSR count). The monoisotopic (exact) mass is 280 g/mol. The number of aliphatic hydroxyl groups excluding tert-OH is 1. The Kier molecular flexibility index (Phi) is 3.85. The van der Waals surface area contributed by atoms with E-state index in [0.717, 1.165) is 36.1 Å². The first-order valence-corrected chi connectivity index (χ1v) is 7.05. The molecule has 2 aromatic rings. The second-order valence-electron chi connectivity index (χ2n) is 5.22. The maximum absolute atomic E-state index is 10.0. The third-order valence-corrected chi connectivity index (χ3v) is 3.74. The molecule has 0 amide bonds. The van der Waals surface area contributed by atoms with E-state index in [-0.39, 0.29) is 6.10 Å². The van der Waals surface area contributed by atoms with Crippen molar-refractivity contribution >= 4 is 0 Å². The number of pyridine rings is 1. The summed E-state index contributed by atoms with van der Waals surface area (Å²) < 4.78 is 5.76. The summed E-state index contributed by atoms with van der Waals surface area (Å²) in [7, 11) is 0. The van der Waals surface area contributed by atoms with Crippen molar-refractivity contribution in [1.29, 1.82) is 5.26 Å². The number of hydrogen-bond acceptors (Lipinski definition) is 4. The summed E-state index contributed by atoms with van der Waals surface area (Å²) in [5, 5.41) is 18.9. The Morgan fingerprint density at radius 1 is 1.33 bits per heavy atom. The Labute approximate surface area is 123 Å². The van der Waals surface area contributed by atoms with Crippen molar-refractivity contribution in [2.45, 2.75) is 32.0 Å². The van der Waals surface area contributed by atoms with Crippen molar-refractivity contribution < 1.29 is 9.84 Å². The van der Waals surface area contributed by atoms with Gasteiger partial charge in [0.1, 0.15) is 24.1 Å². The molecule has 1 N–H and O–H groups in total. The van der Waals surface area contributed by atoms with Gasteiger partial charge in [-0.3, -0.25) is 0 Å². The number of hydrogen-bond donors (Lipinski definition) is 1. The number of ether oxygens (including phenoxy) is 1. The summed E-state index contributed by atoms with van der Waals surface area (Å²) >= 11 is 0. The van der Waals surface area contributed by atoms with E-state index in [1.54, 1.807) is 12.3 Å². The van der Waals surface area contributed by atoms with E-state index < -0.39 is 0 Å². The highest BCUT2D eigenvalue weighted by Crippen LogP contribution is 2.32. The zero-order chi connectivity index (χ0) is 14.7. The Bertz CT molecular complexity index is 691. The SMILES string of the molecule is N#Cc1cc(COc2ccc3c(c2)[C@H](O)CCC3)ccn1. The summed E-state index contributed by atoms with van der Waals surface area (Å²) in [5.41, 5.74) is 3.47. The summed E-state index contributed by atoms with van der Waals surface area (Å²) in [5.74, 6) is 0.741. The Morgan fingerprint density at radius 3 is 3.10 bits per heavy atom. The minimum Gasteiger partial charge on any atom is -0.489 e. The lowest BCUT2D eigenvalue weighted by Crippen LogP contribution is -2.09. The van der Waals surface area contributed by atoms with Gasteiger partial charge in [-0.25, -0.2) is 4.98 Å². The van der Waals surface area contributed by atoms with Gasteiger partial charge in [-0.15, -0.1) is 0 Å². The number of aromatic nitrogens is 1. The van der Waals surface area contributed by atoms with Crippen LogP contribution in [0.3, 0.4) is 0 Å². The average Bonchev–Trinajstić information content (AvgIpc) is 2.54. The number of benzene rings is 1. The first-order chi connectivity index (χ1) is 10.3. The fourth-order valence-corrected chi connectivity index (χ4v) is 2.63. The van der Waals surface area contributed by atoms with Gasteiger partial charge in [0.15, 0.2) is 0 Å². The molecule has 0 fully saturated rings. The first kappa shape index (κ1) is 13.6. The predicted molar refractivity (Wildman–Crippen MR) is 77.6 cm³/mol. The molecule has 4 heteroatoms. The molecule has 0 saturated heterocycles. The number of nitrogens with zero attached hydrogens (tertiary/aromatic N) is 2. The van der Waals surface area contributed by atoms with Gasteiger partial charge in [-0.05, 0) is 60.2 Å². The van der Waals surface area contributed by atoms with Gasteiger partial charge in [0.25, 0.3) is 0 Å². The molecule has 0 unspecified atom stereocenters. The van der Waals surface area contributed by atoms with Gasteiger partial charge in [-0.1, -0.05) is 6.07 Å². The fourth-order valence-electron chi connectivity index (χ4n) is 2.63. The third kappa shape index (κ3) is 3.04. The molecule has 1 atom stereocenters. The largest absolute Gasteiger partial charge is 0.489 e.